The third-order valence-electron chi connectivity index (χ3n) is 1.30. The van der Waals surface area contributed by atoms with E-state index in [0.717, 1.165) is 5.46 Å². The van der Waals surface area contributed by atoms with E-state index in [4.69, 9.17) is 16.3 Å². The molecule has 0 fully saturated rings. The van der Waals surface area contributed by atoms with E-state index in [9.17, 15) is 4.39 Å². The first-order valence-corrected chi connectivity index (χ1v) is 3.54. The van der Waals surface area contributed by atoms with Gasteiger partial charge in [0.1, 0.15) is 5.82 Å². The summed E-state index contributed by atoms with van der Waals surface area (Å²) in [5.41, 5.74) is 0.874. The molecule has 1 rings (SSSR count). The molecule has 58 valence electrons. The normalized spacial score (nSPS) is 9.73. The molecule has 0 aromatic heterocycles. The SMILES string of the molecule is COBc1ccc(F)c(Cl)c1. The highest BCUT2D eigenvalue weighted by Gasteiger charge is 2.00. The topological polar surface area (TPSA) is 9.23 Å². The van der Waals surface area contributed by atoms with Crippen LogP contribution in [0.15, 0.2) is 18.2 Å². The van der Waals surface area contributed by atoms with Gasteiger partial charge in [-0.15, -0.1) is 0 Å². The lowest BCUT2D eigenvalue weighted by molar-refractivity contribution is 0.450. The van der Waals surface area contributed by atoms with Gasteiger partial charge in [-0.25, -0.2) is 4.39 Å². The average Bonchev–Trinajstić information content (AvgIpc) is 1.98. The average molecular weight is 172 g/mol. The summed E-state index contributed by atoms with van der Waals surface area (Å²) in [5.74, 6) is -0.397. The van der Waals surface area contributed by atoms with Gasteiger partial charge in [0.25, 0.3) is 0 Å². The molecule has 0 saturated heterocycles. The van der Waals surface area contributed by atoms with Crippen LogP contribution in [0.3, 0.4) is 0 Å². The Hall–Kier alpha value is -0.535. The van der Waals surface area contributed by atoms with Gasteiger partial charge in [-0.1, -0.05) is 23.1 Å². The monoisotopic (exact) mass is 172 g/mol. The van der Waals surface area contributed by atoms with E-state index in [1.54, 1.807) is 19.2 Å². The fourth-order valence-corrected chi connectivity index (χ4v) is 0.999. The van der Waals surface area contributed by atoms with Gasteiger partial charge in [0.15, 0.2) is 0 Å². The first-order valence-electron chi connectivity index (χ1n) is 3.17. The molecule has 0 atom stereocenters. The highest BCUT2D eigenvalue weighted by molar-refractivity contribution is 6.47. The molecule has 0 saturated carbocycles. The lowest BCUT2D eigenvalue weighted by Crippen LogP contribution is -2.15. The fraction of sp³-hybridized carbons (Fsp3) is 0.143. The molecule has 0 aliphatic carbocycles. The third kappa shape index (κ3) is 2.21. The Morgan fingerprint density at radius 2 is 2.27 bits per heavy atom. The molecule has 0 aliphatic rings. The number of rotatable bonds is 2. The maximum Gasteiger partial charge on any atom is 0.308 e. The van der Waals surface area contributed by atoms with E-state index in [0.29, 0.717) is 7.48 Å². The minimum atomic E-state index is -0.397. The Kier molecular flexibility index (Phi) is 2.91. The Morgan fingerprint density at radius 3 is 2.82 bits per heavy atom. The van der Waals surface area contributed by atoms with Crippen LogP contribution in [0, 0.1) is 5.82 Å². The van der Waals surface area contributed by atoms with Crippen molar-refractivity contribution in [2.24, 2.45) is 0 Å². The standard InChI is InChI=1S/C7H7BClFO/c1-11-8-5-2-3-7(10)6(9)4-5/h2-4,8H,1H3. The van der Waals surface area contributed by atoms with Crippen LogP contribution in [-0.4, -0.2) is 14.6 Å². The zero-order valence-corrected chi connectivity index (χ0v) is 6.86. The van der Waals surface area contributed by atoms with E-state index in [1.807, 2.05) is 0 Å². The number of benzene rings is 1. The van der Waals surface area contributed by atoms with Crippen molar-refractivity contribution in [3.8, 4) is 0 Å². The number of hydrogen-bond acceptors (Lipinski definition) is 1. The third-order valence-corrected chi connectivity index (χ3v) is 1.58. The van der Waals surface area contributed by atoms with E-state index in [1.165, 1.54) is 6.07 Å². The van der Waals surface area contributed by atoms with Gasteiger partial charge in [0.05, 0.1) is 5.02 Å². The Bertz CT molecular complexity index is 254. The van der Waals surface area contributed by atoms with Crippen molar-refractivity contribution >= 4 is 24.5 Å². The summed E-state index contributed by atoms with van der Waals surface area (Å²) in [4.78, 5) is 0. The summed E-state index contributed by atoms with van der Waals surface area (Å²) in [5, 5.41) is 0.138. The highest BCUT2D eigenvalue weighted by atomic mass is 35.5. The summed E-state index contributed by atoms with van der Waals surface area (Å²) in [6.07, 6.45) is 0. The van der Waals surface area contributed by atoms with Crippen LogP contribution in [0.2, 0.25) is 5.02 Å². The minimum absolute atomic E-state index is 0.138. The summed E-state index contributed by atoms with van der Waals surface area (Å²) < 4.78 is 17.4. The van der Waals surface area contributed by atoms with Crippen molar-refractivity contribution in [3.63, 3.8) is 0 Å². The van der Waals surface area contributed by atoms with Crippen molar-refractivity contribution in [1.29, 1.82) is 0 Å². The molecule has 1 aromatic rings. The van der Waals surface area contributed by atoms with Crippen molar-refractivity contribution in [2.75, 3.05) is 7.11 Å². The van der Waals surface area contributed by atoms with Crippen molar-refractivity contribution in [2.45, 2.75) is 0 Å². The van der Waals surface area contributed by atoms with E-state index in [-0.39, 0.29) is 5.02 Å². The molecule has 0 N–H and O–H groups in total. The zero-order chi connectivity index (χ0) is 8.27. The van der Waals surface area contributed by atoms with Gasteiger partial charge >= 0.3 is 7.48 Å². The fourth-order valence-electron chi connectivity index (χ4n) is 0.796. The molecule has 0 amide bonds. The van der Waals surface area contributed by atoms with Gasteiger partial charge in [-0.2, -0.15) is 0 Å². The maximum absolute atomic E-state index is 12.6. The minimum Gasteiger partial charge on any atom is -0.437 e. The quantitative estimate of drug-likeness (QED) is 0.607. The highest BCUT2D eigenvalue weighted by Crippen LogP contribution is 2.10. The maximum atomic E-state index is 12.6. The van der Waals surface area contributed by atoms with Crippen molar-refractivity contribution < 1.29 is 9.04 Å². The molecule has 0 unspecified atom stereocenters. The largest absolute Gasteiger partial charge is 0.437 e. The Labute approximate surface area is 70.4 Å². The predicted molar refractivity (Wildman–Crippen MR) is 45.2 cm³/mol. The van der Waals surface area contributed by atoms with Gasteiger partial charge in [0, 0.05) is 7.11 Å². The zero-order valence-electron chi connectivity index (χ0n) is 6.10. The number of halogens is 2. The van der Waals surface area contributed by atoms with Crippen molar-refractivity contribution in [1.82, 2.24) is 0 Å². The van der Waals surface area contributed by atoms with Crippen LogP contribution in [0.4, 0.5) is 4.39 Å². The summed E-state index contributed by atoms with van der Waals surface area (Å²) >= 11 is 5.52. The molecule has 0 radical (unpaired) electrons. The van der Waals surface area contributed by atoms with Gasteiger partial charge in [0.2, 0.25) is 0 Å². The van der Waals surface area contributed by atoms with Crippen LogP contribution in [-0.2, 0) is 4.65 Å². The van der Waals surface area contributed by atoms with Gasteiger partial charge in [-0.3, -0.25) is 0 Å². The summed E-state index contributed by atoms with van der Waals surface area (Å²) in [7, 11) is 2.04. The molecule has 1 nitrogen and oxygen atoms in total. The summed E-state index contributed by atoms with van der Waals surface area (Å²) in [6.45, 7) is 0. The van der Waals surface area contributed by atoms with Crippen LogP contribution >= 0.6 is 11.6 Å². The van der Waals surface area contributed by atoms with Gasteiger partial charge in [-0.05, 0) is 12.1 Å². The lowest BCUT2D eigenvalue weighted by Gasteiger charge is -1.98. The smallest absolute Gasteiger partial charge is 0.308 e. The first-order chi connectivity index (χ1) is 5.24. The molecular weight excluding hydrogens is 165 g/mol. The van der Waals surface area contributed by atoms with Crippen LogP contribution in [0.1, 0.15) is 0 Å². The molecule has 1 aromatic carbocycles. The molecule has 11 heavy (non-hydrogen) atoms. The Balaban J connectivity index is 2.86. The van der Waals surface area contributed by atoms with Gasteiger partial charge < -0.3 is 4.65 Å². The molecule has 0 aliphatic heterocycles. The van der Waals surface area contributed by atoms with E-state index >= 15 is 0 Å². The van der Waals surface area contributed by atoms with Crippen molar-refractivity contribution in [3.05, 3.63) is 29.0 Å². The summed E-state index contributed by atoms with van der Waals surface area (Å²) in [6, 6.07) is 4.53. The predicted octanol–water partition coefficient (Wildman–Crippen LogP) is 1.10. The second-order valence-electron chi connectivity index (χ2n) is 2.18. The molecule has 0 bridgehead atoms. The molecular formula is C7H7BClFO. The van der Waals surface area contributed by atoms with Crippen LogP contribution in [0.25, 0.3) is 0 Å². The molecule has 0 heterocycles. The van der Waals surface area contributed by atoms with Crippen LogP contribution < -0.4 is 5.46 Å². The van der Waals surface area contributed by atoms with E-state index in [2.05, 4.69) is 0 Å². The Morgan fingerprint density at radius 1 is 1.55 bits per heavy atom. The second-order valence-corrected chi connectivity index (χ2v) is 2.59. The first kappa shape index (κ1) is 8.56. The lowest BCUT2D eigenvalue weighted by atomic mass is 9.88. The second kappa shape index (κ2) is 3.74. The van der Waals surface area contributed by atoms with Crippen LogP contribution in [0.5, 0.6) is 0 Å². The molecule has 0 spiro atoms. The molecule has 4 heteroatoms. The number of hydrogen-bond donors (Lipinski definition) is 0. The van der Waals surface area contributed by atoms with E-state index < -0.39 is 5.82 Å².